The van der Waals surface area contributed by atoms with Crippen molar-refractivity contribution in [3.63, 3.8) is 0 Å². The van der Waals surface area contributed by atoms with Gasteiger partial charge in [0.05, 0.1) is 23.6 Å². The normalized spacial score (nSPS) is 14.9. The van der Waals surface area contributed by atoms with Gasteiger partial charge in [0, 0.05) is 11.6 Å². The first-order valence-corrected chi connectivity index (χ1v) is 13.1. The summed E-state index contributed by atoms with van der Waals surface area (Å²) >= 11 is 6.36. The van der Waals surface area contributed by atoms with Gasteiger partial charge in [0.2, 0.25) is 5.76 Å². The Morgan fingerprint density at radius 2 is 1.78 bits per heavy atom. The molecule has 0 saturated carbocycles. The predicted molar refractivity (Wildman–Crippen MR) is 147 cm³/mol. The summed E-state index contributed by atoms with van der Waals surface area (Å²) in [6.07, 6.45) is 3.19. The van der Waals surface area contributed by atoms with E-state index in [9.17, 15) is 9.59 Å². The number of benzene rings is 3. The van der Waals surface area contributed by atoms with E-state index in [1.165, 1.54) is 0 Å². The SMILES string of the molecule is CCCCCOc1cccc(C2c3c(oc4cc(C)c(Cl)cc4c3=O)C(=O)N2Cc2ccc(C)cc2)c1. The van der Waals surface area contributed by atoms with Crippen LogP contribution in [0.25, 0.3) is 11.0 Å². The van der Waals surface area contributed by atoms with Gasteiger partial charge in [-0.15, -0.1) is 0 Å². The van der Waals surface area contributed by atoms with E-state index in [1.54, 1.807) is 17.0 Å². The van der Waals surface area contributed by atoms with Crippen LogP contribution in [-0.2, 0) is 6.54 Å². The first kappa shape index (κ1) is 25.1. The van der Waals surface area contributed by atoms with E-state index in [0.717, 1.165) is 41.5 Å². The Kier molecular flexibility index (Phi) is 7.07. The standard InChI is InChI=1S/C31H30ClNO4/c1-4-5-6-14-36-23-9-7-8-22(16-23)28-27-29(34)24-17-25(32)20(3)15-26(24)37-30(27)31(35)33(28)18-21-12-10-19(2)11-13-21/h7-13,15-17,28H,4-6,14,18H2,1-3H3. The molecule has 3 aromatic carbocycles. The maximum absolute atomic E-state index is 13.9. The number of halogens is 1. The average Bonchev–Trinajstić information content (AvgIpc) is 3.16. The summed E-state index contributed by atoms with van der Waals surface area (Å²) in [7, 11) is 0. The van der Waals surface area contributed by atoms with Crippen molar-refractivity contribution in [3.05, 3.63) is 109 Å². The predicted octanol–water partition coefficient (Wildman–Crippen LogP) is 7.38. The lowest BCUT2D eigenvalue weighted by Gasteiger charge is -2.25. The molecule has 4 aromatic rings. The number of rotatable bonds is 8. The zero-order valence-electron chi connectivity index (χ0n) is 21.3. The molecule has 0 radical (unpaired) electrons. The van der Waals surface area contributed by atoms with E-state index >= 15 is 0 Å². The molecule has 1 unspecified atom stereocenters. The van der Waals surface area contributed by atoms with Crippen molar-refractivity contribution >= 4 is 28.5 Å². The van der Waals surface area contributed by atoms with E-state index in [2.05, 4.69) is 6.92 Å². The van der Waals surface area contributed by atoms with Crippen LogP contribution in [0.1, 0.15) is 70.6 Å². The van der Waals surface area contributed by atoms with Gasteiger partial charge in [0.1, 0.15) is 11.3 Å². The van der Waals surface area contributed by atoms with Crippen LogP contribution in [0.15, 0.2) is 69.9 Å². The average molecular weight is 516 g/mol. The fourth-order valence-electron chi connectivity index (χ4n) is 4.86. The molecule has 1 aliphatic heterocycles. The van der Waals surface area contributed by atoms with Gasteiger partial charge in [-0.1, -0.05) is 73.3 Å². The maximum Gasteiger partial charge on any atom is 0.291 e. The highest BCUT2D eigenvalue weighted by atomic mass is 35.5. The minimum absolute atomic E-state index is 0.0885. The summed E-state index contributed by atoms with van der Waals surface area (Å²) in [4.78, 5) is 29.3. The highest BCUT2D eigenvalue weighted by Crippen LogP contribution is 2.40. The molecule has 0 bridgehead atoms. The minimum atomic E-state index is -0.608. The molecule has 1 amide bonds. The molecule has 0 N–H and O–H groups in total. The Hall–Kier alpha value is -3.57. The number of aryl methyl sites for hydroxylation is 2. The minimum Gasteiger partial charge on any atom is -0.494 e. The van der Waals surface area contributed by atoms with Gasteiger partial charge in [0.25, 0.3) is 5.91 Å². The molecule has 5 nitrogen and oxygen atoms in total. The summed E-state index contributed by atoms with van der Waals surface area (Å²) in [5, 5.41) is 0.857. The molecule has 190 valence electrons. The van der Waals surface area contributed by atoms with Crippen molar-refractivity contribution in [2.75, 3.05) is 6.61 Å². The van der Waals surface area contributed by atoms with Crippen molar-refractivity contribution in [2.24, 2.45) is 0 Å². The van der Waals surface area contributed by atoms with Crippen molar-refractivity contribution in [1.29, 1.82) is 0 Å². The van der Waals surface area contributed by atoms with Crippen LogP contribution in [0, 0.1) is 13.8 Å². The summed E-state index contributed by atoms with van der Waals surface area (Å²) in [6.45, 7) is 6.98. The van der Waals surface area contributed by atoms with E-state index in [0.29, 0.717) is 40.5 Å². The lowest BCUT2D eigenvalue weighted by Crippen LogP contribution is -2.29. The lowest BCUT2D eigenvalue weighted by atomic mass is 9.97. The van der Waals surface area contributed by atoms with E-state index < -0.39 is 6.04 Å². The van der Waals surface area contributed by atoms with E-state index in [4.69, 9.17) is 20.8 Å². The number of ether oxygens (including phenoxy) is 1. The largest absolute Gasteiger partial charge is 0.494 e. The Balaban J connectivity index is 1.63. The zero-order valence-corrected chi connectivity index (χ0v) is 22.1. The highest BCUT2D eigenvalue weighted by Gasteiger charge is 2.43. The fraction of sp³-hybridized carbons (Fsp3) is 0.290. The smallest absolute Gasteiger partial charge is 0.291 e. The topological polar surface area (TPSA) is 59.8 Å². The second kappa shape index (κ2) is 10.4. The molecule has 1 aromatic heterocycles. The van der Waals surface area contributed by atoms with Crippen LogP contribution in [0.2, 0.25) is 5.02 Å². The van der Waals surface area contributed by atoms with Gasteiger partial charge in [-0.25, -0.2) is 0 Å². The maximum atomic E-state index is 13.9. The lowest BCUT2D eigenvalue weighted by molar-refractivity contribution is 0.0714. The molecule has 2 heterocycles. The number of amides is 1. The van der Waals surface area contributed by atoms with Crippen LogP contribution in [0.4, 0.5) is 0 Å². The Morgan fingerprint density at radius 3 is 2.54 bits per heavy atom. The summed E-state index contributed by atoms with van der Waals surface area (Å²) in [6, 6.07) is 18.5. The monoisotopic (exact) mass is 515 g/mol. The molecule has 1 atom stereocenters. The number of fused-ring (bicyclic) bond motifs is 2. The molecule has 0 spiro atoms. The number of hydrogen-bond donors (Lipinski definition) is 0. The third-order valence-electron chi connectivity index (χ3n) is 6.91. The molecule has 37 heavy (non-hydrogen) atoms. The molecule has 6 heteroatoms. The third-order valence-corrected chi connectivity index (χ3v) is 7.32. The number of unbranched alkanes of at least 4 members (excludes halogenated alkanes) is 2. The van der Waals surface area contributed by atoms with Gasteiger partial charge in [0.15, 0.2) is 5.43 Å². The number of carbonyl (C=O) groups is 1. The van der Waals surface area contributed by atoms with Gasteiger partial charge in [-0.3, -0.25) is 9.59 Å². The fourth-order valence-corrected chi connectivity index (χ4v) is 5.02. The molecule has 0 aliphatic carbocycles. The first-order chi connectivity index (χ1) is 17.9. The van der Waals surface area contributed by atoms with Gasteiger partial charge >= 0.3 is 0 Å². The van der Waals surface area contributed by atoms with Crippen LogP contribution in [0.5, 0.6) is 5.75 Å². The zero-order chi connectivity index (χ0) is 26.1. The second-order valence-electron chi connectivity index (χ2n) is 9.72. The number of carbonyl (C=O) groups excluding carboxylic acids is 1. The van der Waals surface area contributed by atoms with Crippen LogP contribution >= 0.6 is 11.6 Å². The molecule has 0 fully saturated rings. The molecule has 1 aliphatic rings. The highest BCUT2D eigenvalue weighted by molar-refractivity contribution is 6.32. The Morgan fingerprint density at radius 1 is 1.00 bits per heavy atom. The molecular formula is C31H30ClNO4. The number of hydrogen-bond acceptors (Lipinski definition) is 4. The third kappa shape index (κ3) is 4.88. The number of nitrogens with zero attached hydrogens (tertiary/aromatic N) is 1. The van der Waals surface area contributed by atoms with Gasteiger partial charge in [-0.2, -0.15) is 0 Å². The molecular weight excluding hydrogens is 486 g/mol. The van der Waals surface area contributed by atoms with E-state index in [-0.39, 0.29) is 17.1 Å². The second-order valence-corrected chi connectivity index (χ2v) is 10.1. The summed E-state index contributed by atoms with van der Waals surface area (Å²) in [5.74, 6) is 0.501. The molecule has 5 rings (SSSR count). The Bertz CT molecular complexity index is 1520. The van der Waals surface area contributed by atoms with Crippen molar-refractivity contribution in [2.45, 2.75) is 52.6 Å². The van der Waals surface area contributed by atoms with Crippen molar-refractivity contribution in [3.8, 4) is 5.75 Å². The quantitative estimate of drug-likeness (QED) is 0.230. The van der Waals surface area contributed by atoms with E-state index in [1.807, 2.05) is 62.4 Å². The Labute approximate surface area is 221 Å². The van der Waals surface area contributed by atoms with Crippen LogP contribution < -0.4 is 10.2 Å². The van der Waals surface area contributed by atoms with Gasteiger partial charge in [-0.05, 0) is 61.2 Å². The van der Waals surface area contributed by atoms with Crippen LogP contribution in [0.3, 0.4) is 0 Å². The first-order valence-electron chi connectivity index (χ1n) is 12.7. The van der Waals surface area contributed by atoms with Crippen molar-refractivity contribution < 1.29 is 13.9 Å². The summed E-state index contributed by atoms with van der Waals surface area (Å²) < 4.78 is 12.1. The summed E-state index contributed by atoms with van der Waals surface area (Å²) in [5.41, 5.74) is 4.16. The van der Waals surface area contributed by atoms with Crippen molar-refractivity contribution in [1.82, 2.24) is 4.90 Å². The van der Waals surface area contributed by atoms with Crippen LogP contribution in [-0.4, -0.2) is 17.4 Å². The molecule has 0 saturated heterocycles. The van der Waals surface area contributed by atoms with Gasteiger partial charge < -0.3 is 14.1 Å².